The van der Waals surface area contributed by atoms with Gasteiger partial charge in [-0.15, -0.1) is 0 Å². The molecule has 0 radical (unpaired) electrons. The number of ether oxygens (including phenoxy) is 4. The van der Waals surface area contributed by atoms with Gasteiger partial charge in [0.1, 0.15) is 19.3 Å². The molecule has 102 heavy (non-hydrogen) atoms. The lowest BCUT2D eigenvalue weighted by Gasteiger charge is -2.21. The summed E-state index contributed by atoms with van der Waals surface area (Å²) in [4.78, 5) is 73.1. The average Bonchev–Trinajstić information content (AvgIpc) is 0.916. The van der Waals surface area contributed by atoms with Gasteiger partial charge >= 0.3 is 39.5 Å². The van der Waals surface area contributed by atoms with Gasteiger partial charge in [0.15, 0.2) is 12.2 Å². The Morgan fingerprint density at radius 3 is 0.696 bits per heavy atom. The van der Waals surface area contributed by atoms with Crippen LogP contribution in [0.4, 0.5) is 0 Å². The molecule has 0 spiro atoms. The highest BCUT2D eigenvalue weighted by molar-refractivity contribution is 7.47. The number of aliphatic hydroxyl groups excluding tert-OH is 1. The van der Waals surface area contributed by atoms with Crippen molar-refractivity contribution < 1.29 is 80.2 Å². The van der Waals surface area contributed by atoms with E-state index in [1.54, 1.807) is 0 Å². The van der Waals surface area contributed by atoms with Crippen molar-refractivity contribution in [3.05, 3.63) is 0 Å². The molecule has 0 aromatic carbocycles. The second-order valence-corrected chi connectivity index (χ2v) is 33.0. The van der Waals surface area contributed by atoms with Crippen molar-refractivity contribution in [2.24, 2.45) is 5.92 Å². The minimum absolute atomic E-state index is 0.106. The van der Waals surface area contributed by atoms with Crippen LogP contribution in [-0.4, -0.2) is 96.7 Å². The van der Waals surface area contributed by atoms with E-state index in [2.05, 4.69) is 34.6 Å². The van der Waals surface area contributed by atoms with Crippen molar-refractivity contribution in [3.8, 4) is 0 Å². The minimum Gasteiger partial charge on any atom is -0.462 e. The zero-order valence-electron chi connectivity index (χ0n) is 66.8. The number of hydrogen-bond acceptors (Lipinski definition) is 15. The van der Waals surface area contributed by atoms with Gasteiger partial charge in [0.25, 0.3) is 0 Å². The largest absolute Gasteiger partial charge is 0.472 e. The normalized spacial score (nSPS) is 14.1. The second kappa shape index (κ2) is 75.9. The predicted molar refractivity (Wildman–Crippen MR) is 418 cm³/mol. The Morgan fingerprint density at radius 1 is 0.275 bits per heavy atom. The van der Waals surface area contributed by atoms with Crippen molar-refractivity contribution in [3.63, 3.8) is 0 Å². The Bertz CT molecular complexity index is 1950. The van der Waals surface area contributed by atoms with Crippen LogP contribution >= 0.6 is 15.6 Å². The Labute approximate surface area is 626 Å². The number of carbonyl (C=O) groups excluding carboxylic acids is 4. The van der Waals surface area contributed by atoms with Gasteiger partial charge in [-0.2, -0.15) is 0 Å². The topological polar surface area (TPSA) is 237 Å². The number of unbranched alkanes of at least 4 members (excludes halogenated alkanes) is 54. The zero-order chi connectivity index (χ0) is 74.8. The van der Waals surface area contributed by atoms with Crippen LogP contribution in [0.3, 0.4) is 0 Å². The van der Waals surface area contributed by atoms with Gasteiger partial charge in [0.2, 0.25) is 0 Å². The Hall–Kier alpha value is -1.94. The van der Waals surface area contributed by atoms with E-state index in [1.807, 2.05) is 0 Å². The highest BCUT2D eigenvalue weighted by atomic mass is 31.2. The van der Waals surface area contributed by atoms with Crippen LogP contribution < -0.4 is 0 Å². The summed E-state index contributed by atoms with van der Waals surface area (Å²) in [5.74, 6) is -1.34. The number of carbonyl (C=O) groups is 4. The van der Waals surface area contributed by atoms with Crippen molar-refractivity contribution in [2.75, 3.05) is 39.6 Å². The van der Waals surface area contributed by atoms with E-state index < -0.39 is 97.5 Å². The van der Waals surface area contributed by atoms with Crippen LogP contribution in [0, 0.1) is 5.92 Å². The Kier molecular flexibility index (Phi) is 74.4. The molecule has 6 atom stereocenters. The molecular formula is C83H162O17P2. The van der Waals surface area contributed by atoms with Gasteiger partial charge in [-0.3, -0.25) is 37.3 Å². The second-order valence-electron chi connectivity index (χ2n) is 30.1. The van der Waals surface area contributed by atoms with Crippen LogP contribution in [0.25, 0.3) is 0 Å². The van der Waals surface area contributed by atoms with Crippen molar-refractivity contribution in [1.82, 2.24) is 0 Å². The highest BCUT2D eigenvalue weighted by Crippen LogP contribution is 2.45. The summed E-state index contributed by atoms with van der Waals surface area (Å²) < 4.78 is 68.8. The molecule has 0 aliphatic heterocycles. The molecule has 0 aliphatic rings. The standard InChI is InChI=1S/C83H162O17P2/c1-6-10-13-16-19-22-25-28-30-32-33-34-35-37-39-41-44-47-53-58-63-68-82(87)99-78(72-93-81(86)67-62-57-52-46-43-40-38-36-31-29-26-23-20-17-14-11-7-2)74-97-101(89,90)95-70-77(84)71-96-102(91,92)98-75-79(100-83(88)69-64-59-54-49-48-50-55-60-65-76(5)9-4)73-94-80(85)66-61-56-51-45-42-27-24-21-18-15-12-8-3/h76-79,84H,6-75H2,1-5H3,(H,89,90)(H,91,92)/t76?,77-,78-,79-/m1/s1. The SMILES string of the molecule is CCCCCCCCCCCCCCCCCCCCCCCC(=O)O[C@H](COC(=O)CCCCCCCCCCCCCCCCCCC)COP(=O)(O)OC[C@@H](O)COP(=O)(O)OC[C@@H](COC(=O)CCCCCCCCCCCCCC)OC(=O)CCCCCCCCCCC(C)CC. The first-order valence-corrected chi connectivity index (χ1v) is 46.2. The number of hydrogen-bond donors (Lipinski definition) is 3. The number of phosphoric acid groups is 2. The molecular weight excluding hydrogens is 1330 g/mol. The maximum absolute atomic E-state index is 13.1. The summed E-state index contributed by atoms with van der Waals surface area (Å²) in [6.07, 6.45) is 68.0. The number of rotatable bonds is 83. The third-order valence-corrected chi connectivity index (χ3v) is 21.8. The first-order chi connectivity index (χ1) is 49.6. The van der Waals surface area contributed by atoms with Gasteiger partial charge in [-0.1, -0.05) is 394 Å². The highest BCUT2D eigenvalue weighted by Gasteiger charge is 2.30. The first kappa shape index (κ1) is 100. The summed E-state index contributed by atoms with van der Waals surface area (Å²) in [5, 5.41) is 10.7. The average molecular weight is 1490 g/mol. The number of phosphoric ester groups is 2. The van der Waals surface area contributed by atoms with E-state index >= 15 is 0 Å². The van der Waals surface area contributed by atoms with Gasteiger partial charge < -0.3 is 33.8 Å². The Balaban J connectivity index is 5.23. The molecule has 19 heteroatoms. The maximum atomic E-state index is 13.1. The van der Waals surface area contributed by atoms with Crippen molar-refractivity contribution in [2.45, 2.75) is 464 Å². The van der Waals surface area contributed by atoms with Crippen LogP contribution in [0.5, 0.6) is 0 Å². The van der Waals surface area contributed by atoms with Gasteiger partial charge in [-0.25, -0.2) is 9.13 Å². The quantitative estimate of drug-likeness (QED) is 0.0222. The van der Waals surface area contributed by atoms with Crippen LogP contribution in [0.1, 0.15) is 446 Å². The van der Waals surface area contributed by atoms with Crippen molar-refractivity contribution in [1.29, 1.82) is 0 Å². The van der Waals surface area contributed by atoms with Gasteiger partial charge in [0.05, 0.1) is 26.4 Å². The number of esters is 4. The molecule has 0 aromatic rings. The number of aliphatic hydroxyl groups is 1. The molecule has 0 heterocycles. The summed E-state index contributed by atoms with van der Waals surface area (Å²) in [6.45, 7) is 7.34. The summed E-state index contributed by atoms with van der Waals surface area (Å²) in [6, 6.07) is 0. The van der Waals surface area contributed by atoms with Gasteiger partial charge in [-0.05, 0) is 31.6 Å². The minimum atomic E-state index is -4.96. The fourth-order valence-corrected chi connectivity index (χ4v) is 14.5. The van der Waals surface area contributed by atoms with Crippen LogP contribution in [0.15, 0.2) is 0 Å². The molecule has 0 bridgehead atoms. The molecule has 0 saturated carbocycles. The molecule has 17 nitrogen and oxygen atoms in total. The molecule has 0 aliphatic carbocycles. The van der Waals surface area contributed by atoms with Crippen LogP contribution in [-0.2, 0) is 65.4 Å². The molecule has 0 saturated heterocycles. The molecule has 606 valence electrons. The van der Waals surface area contributed by atoms with E-state index in [1.165, 1.54) is 270 Å². The third-order valence-electron chi connectivity index (χ3n) is 19.9. The van der Waals surface area contributed by atoms with E-state index in [-0.39, 0.29) is 25.7 Å². The summed E-state index contributed by atoms with van der Waals surface area (Å²) in [5.41, 5.74) is 0. The smallest absolute Gasteiger partial charge is 0.462 e. The predicted octanol–water partition coefficient (Wildman–Crippen LogP) is 25.2. The zero-order valence-corrected chi connectivity index (χ0v) is 68.5. The van der Waals surface area contributed by atoms with E-state index in [4.69, 9.17) is 37.0 Å². The fraction of sp³-hybridized carbons (Fsp3) is 0.952. The summed E-state index contributed by atoms with van der Waals surface area (Å²) in [7, 11) is -9.92. The van der Waals surface area contributed by atoms with E-state index in [0.717, 1.165) is 95.8 Å². The van der Waals surface area contributed by atoms with Crippen LogP contribution in [0.2, 0.25) is 0 Å². The monoisotopic (exact) mass is 1490 g/mol. The van der Waals surface area contributed by atoms with Crippen molar-refractivity contribution >= 4 is 39.5 Å². The fourth-order valence-electron chi connectivity index (χ4n) is 12.9. The lowest BCUT2D eigenvalue weighted by Crippen LogP contribution is -2.30. The lowest BCUT2D eigenvalue weighted by molar-refractivity contribution is -0.161. The summed E-state index contributed by atoms with van der Waals surface area (Å²) >= 11 is 0. The molecule has 0 aromatic heterocycles. The third kappa shape index (κ3) is 74.9. The Morgan fingerprint density at radius 2 is 0.471 bits per heavy atom. The molecule has 3 N–H and O–H groups in total. The first-order valence-electron chi connectivity index (χ1n) is 43.2. The van der Waals surface area contributed by atoms with E-state index in [9.17, 15) is 43.2 Å². The molecule has 0 rings (SSSR count). The van der Waals surface area contributed by atoms with Gasteiger partial charge in [0, 0.05) is 25.7 Å². The lowest BCUT2D eigenvalue weighted by atomic mass is 9.99. The molecule has 0 amide bonds. The maximum Gasteiger partial charge on any atom is 0.472 e. The van der Waals surface area contributed by atoms with E-state index in [0.29, 0.717) is 25.7 Å². The molecule has 3 unspecified atom stereocenters. The molecule has 0 fully saturated rings.